The van der Waals surface area contributed by atoms with Crippen molar-refractivity contribution in [3.8, 4) is 0 Å². The third-order valence-corrected chi connectivity index (χ3v) is 3.98. The Balaban J connectivity index is 2.28. The number of hydrogen-bond acceptors (Lipinski definition) is 4. The maximum Gasteiger partial charge on any atom is 0.411 e. The van der Waals surface area contributed by atoms with Crippen molar-refractivity contribution in [1.82, 2.24) is 0 Å². The predicted molar refractivity (Wildman–Crippen MR) is 63.9 cm³/mol. The Hall–Kier alpha value is -1.48. The van der Waals surface area contributed by atoms with Crippen LogP contribution in [0.25, 0.3) is 0 Å². The van der Waals surface area contributed by atoms with Gasteiger partial charge in [0.05, 0.1) is 5.69 Å². The lowest BCUT2D eigenvalue weighted by molar-refractivity contribution is -0.151. The van der Waals surface area contributed by atoms with Gasteiger partial charge in [-0.05, 0) is 31.0 Å². The largest absolute Gasteiger partial charge is 0.411 e. The zero-order valence-corrected chi connectivity index (χ0v) is 10.5. The van der Waals surface area contributed by atoms with Crippen molar-refractivity contribution in [2.45, 2.75) is 29.5 Å². The Labute approximate surface area is 107 Å². The summed E-state index contributed by atoms with van der Waals surface area (Å²) in [6.45, 7) is 0. The van der Waals surface area contributed by atoms with Crippen LogP contribution >= 0.6 is 0 Å². The second-order valence-electron chi connectivity index (χ2n) is 4.50. The van der Waals surface area contributed by atoms with Crippen LogP contribution in [-0.4, -0.2) is 20.1 Å². The zero-order valence-electron chi connectivity index (χ0n) is 9.66. The van der Waals surface area contributed by atoms with Crippen LogP contribution in [0.1, 0.15) is 12.8 Å². The summed E-state index contributed by atoms with van der Waals surface area (Å²) in [5.74, 6) is 0. The highest BCUT2D eigenvalue weighted by Crippen LogP contribution is 2.51. The van der Waals surface area contributed by atoms with Gasteiger partial charge in [0.1, 0.15) is 10.4 Å². The molecule has 0 unspecified atom stereocenters. The van der Waals surface area contributed by atoms with E-state index in [0.717, 1.165) is 12.1 Å². The summed E-state index contributed by atoms with van der Waals surface area (Å²) in [6, 6.07) is 3.42. The maximum atomic E-state index is 12.7. The van der Waals surface area contributed by atoms with Crippen LogP contribution in [0.2, 0.25) is 0 Å². The fourth-order valence-electron chi connectivity index (χ4n) is 1.77. The Morgan fingerprint density at radius 2 is 1.84 bits per heavy atom. The monoisotopic (exact) mass is 295 g/mol. The van der Waals surface area contributed by atoms with Crippen molar-refractivity contribution in [3.05, 3.63) is 18.2 Å². The van der Waals surface area contributed by atoms with Gasteiger partial charge in [0, 0.05) is 5.69 Å². The van der Waals surface area contributed by atoms with E-state index >= 15 is 0 Å². The third kappa shape index (κ3) is 2.61. The topological polar surface area (TPSA) is 98.2 Å². The molecule has 2 rings (SSSR count). The summed E-state index contributed by atoms with van der Waals surface area (Å²) in [4.78, 5) is -0.310. The average molecular weight is 295 g/mol. The lowest BCUT2D eigenvalue weighted by atomic mass is 10.2. The van der Waals surface area contributed by atoms with E-state index < -0.39 is 21.7 Å². The lowest BCUT2D eigenvalue weighted by Gasteiger charge is -2.22. The minimum Gasteiger partial charge on any atom is -0.398 e. The molecule has 19 heavy (non-hydrogen) atoms. The molecule has 0 atom stereocenters. The molecule has 0 bridgehead atoms. The number of nitrogen functional groups attached to an aromatic ring is 1. The molecular weight excluding hydrogens is 283 g/mol. The Morgan fingerprint density at radius 1 is 1.26 bits per heavy atom. The van der Waals surface area contributed by atoms with Crippen LogP contribution in [0, 0.1) is 0 Å². The van der Waals surface area contributed by atoms with E-state index in [1.807, 2.05) is 0 Å². The summed E-state index contributed by atoms with van der Waals surface area (Å²) in [5.41, 5.74) is 3.47. The van der Waals surface area contributed by atoms with Crippen LogP contribution in [0.4, 0.5) is 24.5 Å². The molecule has 0 radical (unpaired) electrons. The minimum atomic E-state index is -4.36. The van der Waals surface area contributed by atoms with Crippen molar-refractivity contribution in [1.29, 1.82) is 0 Å². The Bertz CT molecular complexity index is 609. The maximum absolute atomic E-state index is 12.7. The molecule has 1 fully saturated rings. The summed E-state index contributed by atoms with van der Waals surface area (Å²) in [5, 5.41) is 7.26. The first kappa shape index (κ1) is 13.9. The standard InChI is InChI=1S/C10H12F3N3O2S/c11-10(12,13)9(3-4-9)16-6-1-2-8(7(14)5-6)19(15,17)18/h1-2,5,16H,3-4,14H2,(H2,15,17,18). The van der Waals surface area contributed by atoms with Gasteiger partial charge in [-0.1, -0.05) is 0 Å². The van der Waals surface area contributed by atoms with Crippen molar-refractivity contribution in [2.24, 2.45) is 5.14 Å². The predicted octanol–water partition coefficient (Wildman–Crippen LogP) is 1.42. The fourth-order valence-corrected chi connectivity index (χ4v) is 2.41. The number of nitrogens with two attached hydrogens (primary N) is 2. The zero-order chi connectivity index (χ0) is 14.5. The number of primary sulfonamides is 1. The van der Waals surface area contributed by atoms with Gasteiger partial charge in [-0.15, -0.1) is 0 Å². The number of sulfonamides is 1. The van der Waals surface area contributed by atoms with Gasteiger partial charge in [-0.2, -0.15) is 13.2 Å². The molecule has 0 saturated heterocycles. The first-order chi connectivity index (χ1) is 8.55. The van der Waals surface area contributed by atoms with Crippen molar-refractivity contribution in [2.75, 3.05) is 11.1 Å². The van der Waals surface area contributed by atoms with Crippen molar-refractivity contribution < 1.29 is 21.6 Å². The molecule has 0 heterocycles. The number of nitrogens with one attached hydrogen (secondary N) is 1. The highest BCUT2D eigenvalue weighted by Gasteiger charge is 2.63. The summed E-state index contributed by atoms with van der Waals surface area (Å²) >= 11 is 0. The number of alkyl halides is 3. The number of benzene rings is 1. The number of anilines is 2. The van der Waals surface area contributed by atoms with Gasteiger partial charge >= 0.3 is 6.18 Å². The van der Waals surface area contributed by atoms with Crippen LogP contribution in [0.15, 0.2) is 23.1 Å². The van der Waals surface area contributed by atoms with Gasteiger partial charge in [0.15, 0.2) is 0 Å². The van der Waals surface area contributed by atoms with Gasteiger partial charge in [-0.25, -0.2) is 13.6 Å². The molecule has 1 aromatic rings. The quantitative estimate of drug-likeness (QED) is 0.734. The number of rotatable bonds is 3. The fraction of sp³-hybridized carbons (Fsp3) is 0.400. The number of halogens is 3. The smallest absolute Gasteiger partial charge is 0.398 e. The summed E-state index contributed by atoms with van der Waals surface area (Å²) < 4.78 is 60.5. The van der Waals surface area contributed by atoms with E-state index in [1.54, 1.807) is 0 Å². The minimum absolute atomic E-state index is 0.0205. The molecule has 1 saturated carbocycles. The van der Waals surface area contributed by atoms with E-state index in [-0.39, 0.29) is 29.1 Å². The van der Waals surface area contributed by atoms with Gasteiger partial charge < -0.3 is 11.1 Å². The second kappa shape index (κ2) is 4.01. The molecule has 0 spiro atoms. The van der Waals surface area contributed by atoms with Crippen molar-refractivity contribution in [3.63, 3.8) is 0 Å². The highest BCUT2D eigenvalue weighted by molar-refractivity contribution is 7.89. The highest BCUT2D eigenvalue weighted by atomic mass is 32.2. The molecule has 9 heteroatoms. The number of hydrogen-bond donors (Lipinski definition) is 3. The van der Waals surface area contributed by atoms with Crippen molar-refractivity contribution >= 4 is 21.4 Å². The average Bonchev–Trinajstić information content (AvgIpc) is 2.95. The van der Waals surface area contributed by atoms with E-state index in [9.17, 15) is 21.6 Å². The molecule has 0 aromatic heterocycles. The van der Waals surface area contributed by atoms with Crippen LogP contribution < -0.4 is 16.2 Å². The van der Waals surface area contributed by atoms with Crippen LogP contribution in [0.3, 0.4) is 0 Å². The Morgan fingerprint density at radius 3 is 2.21 bits per heavy atom. The molecular formula is C10H12F3N3O2S. The molecule has 1 aromatic carbocycles. The first-order valence-electron chi connectivity index (χ1n) is 5.32. The normalized spacial score (nSPS) is 18.1. The molecule has 5 nitrogen and oxygen atoms in total. The van der Waals surface area contributed by atoms with Gasteiger partial charge in [0.2, 0.25) is 10.0 Å². The molecule has 1 aliphatic carbocycles. The van der Waals surface area contributed by atoms with E-state index in [1.165, 1.54) is 6.07 Å². The van der Waals surface area contributed by atoms with Crippen LogP contribution in [-0.2, 0) is 10.0 Å². The van der Waals surface area contributed by atoms with Gasteiger partial charge in [-0.3, -0.25) is 0 Å². The van der Waals surface area contributed by atoms with Crippen LogP contribution in [0.5, 0.6) is 0 Å². The van der Waals surface area contributed by atoms with E-state index in [2.05, 4.69) is 5.32 Å². The SMILES string of the molecule is Nc1cc(NC2(C(F)(F)F)CC2)ccc1S(N)(=O)=O. The third-order valence-electron chi connectivity index (χ3n) is 2.99. The second-order valence-corrected chi connectivity index (χ2v) is 6.03. The lowest BCUT2D eigenvalue weighted by Crippen LogP contribution is -2.38. The molecule has 0 amide bonds. The molecule has 106 valence electrons. The molecule has 1 aliphatic rings. The summed E-state index contributed by atoms with van der Waals surface area (Å²) in [7, 11) is -3.98. The summed E-state index contributed by atoms with van der Waals surface area (Å²) in [6.07, 6.45) is -4.40. The van der Waals surface area contributed by atoms with E-state index in [4.69, 9.17) is 10.9 Å². The van der Waals surface area contributed by atoms with Gasteiger partial charge in [0.25, 0.3) is 0 Å². The molecule has 0 aliphatic heterocycles. The Kier molecular flexibility index (Phi) is 2.94. The van der Waals surface area contributed by atoms with E-state index in [0.29, 0.717) is 0 Å². The molecule has 5 N–H and O–H groups in total. The first-order valence-corrected chi connectivity index (χ1v) is 6.87.